The Kier molecular flexibility index (Phi) is 5.64. The van der Waals surface area contributed by atoms with Gasteiger partial charge in [-0.1, -0.05) is 6.07 Å². The van der Waals surface area contributed by atoms with E-state index in [1.807, 2.05) is 18.2 Å². The molecule has 0 aromatic heterocycles. The molecule has 5 nitrogen and oxygen atoms in total. The largest absolute Gasteiger partial charge is 0.493 e. The second-order valence-corrected chi connectivity index (χ2v) is 5.13. The molecule has 20 heavy (non-hydrogen) atoms. The Morgan fingerprint density at radius 2 is 1.95 bits per heavy atom. The molecule has 1 saturated heterocycles. The molecule has 1 unspecified atom stereocenters. The Bertz CT molecular complexity index is 420. The van der Waals surface area contributed by atoms with E-state index in [9.17, 15) is 0 Å². The number of rotatable bonds is 6. The average Bonchev–Trinajstić information content (AvgIpc) is 2.53. The van der Waals surface area contributed by atoms with Crippen LogP contribution in [-0.2, 0) is 4.74 Å². The molecule has 0 spiro atoms. The Hall–Kier alpha value is -1.30. The summed E-state index contributed by atoms with van der Waals surface area (Å²) in [4.78, 5) is 0. The first-order chi connectivity index (χ1) is 9.78. The van der Waals surface area contributed by atoms with E-state index < -0.39 is 0 Å². The standard InChI is InChI=1S/C15H24N2O3/c1-18-14-4-3-12(10-15(14)19-2)13(17-16)9-11-5-7-20-8-6-11/h3-4,10-11,13,17H,5-9,16H2,1-2H3. The van der Waals surface area contributed by atoms with Crippen molar-refractivity contribution in [2.75, 3.05) is 27.4 Å². The third-order valence-electron chi connectivity index (χ3n) is 3.92. The lowest BCUT2D eigenvalue weighted by Gasteiger charge is -2.26. The van der Waals surface area contributed by atoms with E-state index >= 15 is 0 Å². The van der Waals surface area contributed by atoms with Crippen molar-refractivity contribution >= 4 is 0 Å². The van der Waals surface area contributed by atoms with Gasteiger partial charge in [0.05, 0.1) is 14.2 Å². The quantitative estimate of drug-likeness (QED) is 0.616. The van der Waals surface area contributed by atoms with Gasteiger partial charge in [0.2, 0.25) is 0 Å². The Balaban J connectivity index is 2.09. The number of hydrazine groups is 1. The molecule has 0 amide bonds. The highest BCUT2D eigenvalue weighted by atomic mass is 16.5. The summed E-state index contributed by atoms with van der Waals surface area (Å²) >= 11 is 0. The number of methoxy groups -OCH3 is 2. The number of ether oxygens (including phenoxy) is 3. The lowest BCUT2D eigenvalue weighted by atomic mass is 9.89. The van der Waals surface area contributed by atoms with Gasteiger partial charge in [-0.3, -0.25) is 11.3 Å². The van der Waals surface area contributed by atoms with Crippen molar-refractivity contribution in [3.05, 3.63) is 23.8 Å². The molecule has 0 bridgehead atoms. The fourth-order valence-electron chi connectivity index (χ4n) is 2.69. The van der Waals surface area contributed by atoms with Crippen LogP contribution < -0.4 is 20.7 Å². The Morgan fingerprint density at radius 1 is 1.25 bits per heavy atom. The maximum absolute atomic E-state index is 5.73. The highest BCUT2D eigenvalue weighted by Crippen LogP contribution is 2.33. The number of hydrogen-bond acceptors (Lipinski definition) is 5. The van der Waals surface area contributed by atoms with Crippen LogP contribution in [0.25, 0.3) is 0 Å². The molecule has 5 heteroatoms. The highest BCUT2D eigenvalue weighted by molar-refractivity contribution is 5.43. The summed E-state index contributed by atoms with van der Waals surface area (Å²) < 4.78 is 16.0. The first-order valence-corrected chi connectivity index (χ1v) is 7.04. The smallest absolute Gasteiger partial charge is 0.161 e. The van der Waals surface area contributed by atoms with E-state index in [0.717, 1.165) is 49.5 Å². The molecular weight excluding hydrogens is 256 g/mol. The van der Waals surface area contributed by atoms with Crippen LogP contribution >= 0.6 is 0 Å². The first-order valence-electron chi connectivity index (χ1n) is 7.04. The van der Waals surface area contributed by atoms with Crippen molar-refractivity contribution < 1.29 is 14.2 Å². The second kappa shape index (κ2) is 7.47. The number of benzene rings is 1. The second-order valence-electron chi connectivity index (χ2n) is 5.13. The van der Waals surface area contributed by atoms with E-state index in [0.29, 0.717) is 5.92 Å². The van der Waals surface area contributed by atoms with Crippen molar-refractivity contribution in [2.45, 2.75) is 25.3 Å². The maximum atomic E-state index is 5.73. The fourth-order valence-corrected chi connectivity index (χ4v) is 2.69. The van der Waals surface area contributed by atoms with Crippen molar-refractivity contribution in [3.63, 3.8) is 0 Å². The maximum Gasteiger partial charge on any atom is 0.161 e. The number of nitrogens with one attached hydrogen (secondary N) is 1. The molecule has 0 saturated carbocycles. The minimum absolute atomic E-state index is 0.123. The predicted octanol–water partition coefficient (Wildman–Crippen LogP) is 2.02. The third kappa shape index (κ3) is 3.62. The van der Waals surface area contributed by atoms with E-state index in [1.165, 1.54) is 0 Å². The van der Waals surface area contributed by atoms with Crippen LogP contribution in [0.3, 0.4) is 0 Å². The van der Waals surface area contributed by atoms with Crippen LogP contribution in [0.5, 0.6) is 11.5 Å². The summed E-state index contributed by atoms with van der Waals surface area (Å²) in [5.41, 5.74) is 4.04. The normalized spacial score (nSPS) is 17.8. The zero-order valence-corrected chi connectivity index (χ0v) is 12.2. The van der Waals surface area contributed by atoms with Gasteiger partial charge in [-0.2, -0.15) is 0 Å². The van der Waals surface area contributed by atoms with E-state index in [4.69, 9.17) is 20.1 Å². The molecule has 1 fully saturated rings. The number of nitrogens with two attached hydrogens (primary N) is 1. The van der Waals surface area contributed by atoms with Crippen molar-refractivity contribution in [1.29, 1.82) is 0 Å². The van der Waals surface area contributed by atoms with Crippen LogP contribution in [0.1, 0.15) is 30.9 Å². The Morgan fingerprint density at radius 3 is 2.55 bits per heavy atom. The van der Waals surface area contributed by atoms with E-state index in [1.54, 1.807) is 14.2 Å². The van der Waals surface area contributed by atoms with Crippen molar-refractivity contribution in [2.24, 2.45) is 11.8 Å². The summed E-state index contributed by atoms with van der Waals surface area (Å²) in [6.45, 7) is 1.71. The lowest BCUT2D eigenvalue weighted by Crippen LogP contribution is -2.31. The van der Waals surface area contributed by atoms with Crippen LogP contribution in [0.15, 0.2) is 18.2 Å². The van der Waals surface area contributed by atoms with Crippen LogP contribution in [-0.4, -0.2) is 27.4 Å². The molecular formula is C15H24N2O3. The number of hydrogen-bond donors (Lipinski definition) is 2. The molecule has 1 aromatic rings. The SMILES string of the molecule is COc1ccc(C(CC2CCOCC2)NN)cc1OC. The van der Waals surface area contributed by atoms with Crippen LogP contribution in [0.4, 0.5) is 0 Å². The Labute approximate surface area is 120 Å². The average molecular weight is 280 g/mol. The summed E-state index contributed by atoms with van der Waals surface area (Å²) in [5, 5.41) is 0. The summed E-state index contributed by atoms with van der Waals surface area (Å²) in [5.74, 6) is 7.85. The molecule has 3 N–H and O–H groups in total. The zero-order valence-electron chi connectivity index (χ0n) is 12.2. The molecule has 112 valence electrons. The van der Waals surface area contributed by atoms with Gasteiger partial charge >= 0.3 is 0 Å². The lowest BCUT2D eigenvalue weighted by molar-refractivity contribution is 0.0605. The minimum atomic E-state index is 0.123. The van der Waals surface area contributed by atoms with E-state index in [2.05, 4.69) is 5.43 Å². The molecule has 1 aromatic carbocycles. The summed E-state index contributed by atoms with van der Waals surface area (Å²) in [6.07, 6.45) is 3.21. The summed E-state index contributed by atoms with van der Waals surface area (Å²) in [6, 6.07) is 6.06. The van der Waals surface area contributed by atoms with Gasteiger partial charge in [0.25, 0.3) is 0 Å². The van der Waals surface area contributed by atoms with Gasteiger partial charge in [-0.25, -0.2) is 0 Å². The van der Waals surface area contributed by atoms with Crippen molar-refractivity contribution in [1.82, 2.24) is 5.43 Å². The summed E-state index contributed by atoms with van der Waals surface area (Å²) in [7, 11) is 3.28. The van der Waals surface area contributed by atoms with Gasteiger partial charge in [0.15, 0.2) is 11.5 Å². The van der Waals surface area contributed by atoms with Gasteiger partial charge in [-0.05, 0) is 42.9 Å². The topological polar surface area (TPSA) is 65.7 Å². The van der Waals surface area contributed by atoms with E-state index in [-0.39, 0.29) is 6.04 Å². The van der Waals surface area contributed by atoms with Gasteiger partial charge in [0.1, 0.15) is 0 Å². The molecule has 0 aliphatic carbocycles. The zero-order chi connectivity index (χ0) is 14.4. The van der Waals surface area contributed by atoms with Gasteiger partial charge in [0, 0.05) is 19.3 Å². The molecule has 1 aliphatic heterocycles. The predicted molar refractivity (Wildman–Crippen MR) is 77.8 cm³/mol. The molecule has 1 aliphatic rings. The highest BCUT2D eigenvalue weighted by Gasteiger charge is 2.20. The molecule has 2 rings (SSSR count). The van der Waals surface area contributed by atoms with Crippen LogP contribution in [0, 0.1) is 5.92 Å². The van der Waals surface area contributed by atoms with Crippen molar-refractivity contribution in [3.8, 4) is 11.5 Å². The fraction of sp³-hybridized carbons (Fsp3) is 0.600. The minimum Gasteiger partial charge on any atom is -0.493 e. The molecule has 0 radical (unpaired) electrons. The monoisotopic (exact) mass is 280 g/mol. The first kappa shape index (κ1) is 15.1. The van der Waals surface area contributed by atoms with Gasteiger partial charge < -0.3 is 14.2 Å². The van der Waals surface area contributed by atoms with Crippen LogP contribution in [0.2, 0.25) is 0 Å². The molecule has 1 heterocycles. The third-order valence-corrected chi connectivity index (χ3v) is 3.92. The van der Waals surface area contributed by atoms with Gasteiger partial charge in [-0.15, -0.1) is 0 Å². The molecule has 1 atom stereocenters.